The van der Waals surface area contributed by atoms with E-state index in [0.29, 0.717) is 5.56 Å². The Kier molecular flexibility index (Phi) is 4.55. The summed E-state index contributed by atoms with van der Waals surface area (Å²) in [4.78, 5) is 4.77. The quantitative estimate of drug-likeness (QED) is 0.234. The summed E-state index contributed by atoms with van der Waals surface area (Å²) in [6, 6.07) is 16.3. The Bertz CT molecular complexity index is 782. The van der Waals surface area contributed by atoms with Crippen LogP contribution in [0.3, 0.4) is 0 Å². The van der Waals surface area contributed by atoms with Crippen molar-refractivity contribution in [3.05, 3.63) is 76.7 Å². The highest BCUT2D eigenvalue weighted by Gasteiger charge is 2.12. The molecule has 2 aromatic carbocycles. The molecule has 0 saturated carbocycles. The first kappa shape index (κ1) is 14.6. The molecule has 0 atom stereocenters. The molecule has 8 heteroatoms. The smallest absolute Gasteiger partial charge is 0.200 e. The van der Waals surface area contributed by atoms with Gasteiger partial charge in [0.05, 0.1) is 4.90 Å². The van der Waals surface area contributed by atoms with E-state index in [2.05, 4.69) is 20.0 Å². The SMILES string of the molecule is [N-]=[N+]=N/C(=N\NS(=O)(=O)c1ccccc1)c1ccccc1. The van der Waals surface area contributed by atoms with Gasteiger partial charge in [0.1, 0.15) is 0 Å². The van der Waals surface area contributed by atoms with Crippen molar-refractivity contribution in [2.75, 3.05) is 0 Å². The second-order valence-electron chi connectivity index (χ2n) is 3.90. The summed E-state index contributed by atoms with van der Waals surface area (Å²) in [7, 11) is -3.80. The second kappa shape index (κ2) is 6.56. The number of hydrogen-bond acceptors (Lipinski definition) is 3. The lowest BCUT2D eigenvalue weighted by Crippen LogP contribution is -2.20. The van der Waals surface area contributed by atoms with Gasteiger partial charge < -0.3 is 0 Å². The third-order valence-corrected chi connectivity index (χ3v) is 3.72. The Morgan fingerprint density at radius 1 is 1.00 bits per heavy atom. The minimum atomic E-state index is -3.80. The highest BCUT2D eigenvalue weighted by molar-refractivity contribution is 7.89. The standard InChI is InChI=1S/C13H11N5O2S/c14-17-15-13(11-7-3-1-4-8-11)16-18-21(19,20)12-9-5-2-6-10-12/h1-10,18H/b16-13-. The van der Waals surface area contributed by atoms with Crippen molar-refractivity contribution in [1.29, 1.82) is 0 Å². The average Bonchev–Trinajstić information content (AvgIpc) is 2.53. The van der Waals surface area contributed by atoms with E-state index in [1.807, 2.05) is 0 Å². The van der Waals surface area contributed by atoms with Crippen LogP contribution in [0, 0.1) is 0 Å². The number of rotatable bonds is 4. The van der Waals surface area contributed by atoms with Crippen molar-refractivity contribution in [1.82, 2.24) is 4.83 Å². The summed E-state index contributed by atoms with van der Waals surface area (Å²) >= 11 is 0. The van der Waals surface area contributed by atoms with Crippen molar-refractivity contribution in [3.63, 3.8) is 0 Å². The number of hydrogen-bond donors (Lipinski definition) is 1. The third-order valence-electron chi connectivity index (χ3n) is 2.50. The van der Waals surface area contributed by atoms with Crippen LogP contribution in [-0.4, -0.2) is 14.3 Å². The van der Waals surface area contributed by atoms with Gasteiger partial charge in [-0.25, -0.2) is 0 Å². The highest BCUT2D eigenvalue weighted by atomic mass is 32.2. The Labute approximate surface area is 121 Å². The van der Waals surface area contributed by atoms with Gasteiger partial charge in [-0.05, 0) is 22.8 Å². The van der Waals surface area contributed by atoms with Gasteiger partial charge in [-0.15, -0.1) is 0 Å². The fourth-order valence-electron chi connectivity index (χ4n) is 1.53. The molecule has 0 heterocycles. The number of benzene rings is 2. The lowest BCUT2D eigenvalue weighted by atomic mass is 10.2. The summed E-state index contributed by atoms with van der Waals surface area (Å²) in [6.45, 7) is 0. The Morgan fingerprint density at radius 3 is 2.14 bits per heavy atom. The monoisotopic (exact) mass is 301 g/mol. The maximum Gasteiger partial charge on any atom is 0.276 e. The van der Waals surface area contributed by atoms with E-state index in [1.165, 1.54) is 12.1 Å². The average molecular weight is 301 g/mol. The van der Waals surface area contributed by atoms with Gasteiger partial charge in [-0.2, -0.15) is 18.4 Å². The summed E-state index contributed by atoms with van der Waals surface area (Å²) < 4.78 is 24.0. The van der Waals surface area contributed by atoms with Crippen molar-refractivity contribution in [3.8, 4) is 0 Å². The van der Waals surface area contributed by atoms with E-state index in [1.54, 1.807) is 48.5 Å². The van der Waals surface area contributed by atoms with Crippen LogP contribution in [0.2, 0.25) is 0 Å². The zero-order valence-corrected chi connectivity index (χ0v) is 11.6. The molecule has 0 bridgehead atoms. The molecule has 0 aromatic heterocycles. The zero-order valence-electron chi connectivity index (χ0n) is 10.8. The maximum absolute atomic E-state index is 12.0. The van der Waals surface area contributed by atoms with E-state index in [9.17, 15) is 8.42 Å². The van der Waals surface area contributed by atoms with E-state index in [-0.39, 0.29) is 10.7 Å². The van der Waals surface area contributed by atoms with Crippen LogP contribution in [0.15, 0.2) is 75.8 Å². The van der Waals surface area contributed by atoms with Crippen LogP contribution in [0.5, 0.6) is 0 Å². The Morgan fingerprint density at radius 2 is 1.57 bits per heavy atom. The molecule has 0 spiro atoms. The van der Waals surface area contributed by atoms with E-state index >= 15 is 0 Å². The van der Waals surface area contributed by atoms with Crippen molar-refractivity contribution >= 4 is 15.9 Å². The molecule has 2 aromatic rings. The number of azide groups is 1. The molecule has 0 aliphatic carbocycles. The fourth-order valence-corrected chi connectivity index (χ4v) is 2.36. The van der Waals surface area contributed by atoms with Gasteiger partial charge in [0, 0.05) is 10.5 Å². The molecule has 0 fully saturated rings. The second-order valence-corrected chi connectivity index (χ2v) is 5.56. The fraction of sp³-hybridized carbons (Fsp3) is 0. The van der Waals surface area contributed by atoms with E-state index < -0.39 is 10.0 Å². The van der Waals surface area contributed by atoms with Gasteiger partial charge >= 0.3 is 0 Å². The van der Waals surface area contributed by atoms with Crippen LogP contribution in [0.25, 0.3) is 10.4 Å². The molecule has 1 N–H and O–H groups in total. The molecule has 0 radical (unpaired) electrons. The van der Waals surface area contributed by atoms with Crippen LogP contribution < -0.4 is 4.83 Å². The lowest BCUT2D eigenvalue weighted by Gasteiger charge is -2.04. The third kappa shape index (κ3) is 3.82. The number of nitrogens with zero attached hydrogens (tertiary/aromatic N) is 4. The molecule has 7 nitrogen and oxygen atoms in total. The molecular formula is C13H11N5O2S. The number of sulfonamides is 1. The minimum absolute atomic E-state index is 0.0578. The summed E-state index contributed by atoms with van der Waals surface area (Å²) in [6.07, 6.45) is 0. The molecular weight excluding hydrogens is 290 g/mol. The predicted molar refractivity (Wildman–Crippen MR) is 78.9 cm³/mol. The van der Waals surface area contributed by atoms with Gasteiger partial charge in [0.15, 0.2) is 5.84 Å². The summed E-state index contributed by atoms with van der Waals surface area (Å²) in [5, 5.41) is 7.08. The zero-order chi connectivity index (χ0) is 15.1. The number of nitrogens with one attached hydrogen (secondary N) is 1. The highest BCUT2D eigenvalue weighted by Crippen LogP contribution is 2.08. The lowest BCUT2D eigenvalue weighted by molar-refractivity contribution is 0.584. The topological polar surface area (TPSA) is 107 Å². The first-order chi connectivity index (χ1) is 10.1. The molecule has 2 rings (SSSR count). The number of amidine groups is 1. The molecule has 0 aliphatic rings. The predicted octanol–water partition coefficient (Wildman–Crippen LogP) is 2.64. The van der Waals surface area contributed by atoms with Gasteiger partial charge in [-0.1, -0.05) is 48.5 Å². The number of hydrazone groups is 1. The van der Waals surface area contributed by atoms with Crippen LogP contribution in [0.4, 0.5) is 0 Å². The normalized spacial score (nSPS) is 11.5. The van der Waals surface area contributed by atoms with Crippen LogP contribution >= 0.6 is 0 Å². The van der Waals surface area contributed by atoms with Crippen molar-refractivity contribution in [2.24, 2.45) is 10.2 Å². The molecule has 106 valence electrons. The van der Waals surface area contributed by atoms with Gasteiger partial charge in [-0.3, -0.25) is 0 Å². The van der Waals surface area contributed by atoms with Crippen molar-refractivity contribution < 1.29 is 8.42 Å². The van der Waals surface area contributed by atoms with Crippen LogP contribution in [0.1, 0.15) is 5.56 Å². The maximum atomic E-state index is 12.0. The summed E-state index contributed by atoms with van der Waals surface area (Å²) in [5.74, 6) is -0.0578. The van der Waals surface area contributed by atoms with Gasteiger partial charge in [0.2, 0.25) is 0 Å². The molecule has 0 aliphatic heterocycles. The Balaban J connectivity index is 2.31. The van der Waals surface area contributed by atoms with Crippen molar-refractivity contribution in [2.45, 2.75) is 4.90 Å². The largest absolute Gasteiger partial charge is 0.276 e. The van der Waals surface area contributed by atoms with Gasteiger partial charge in [0.25, 0.3) is 10.0 Å². The van der Waals surface area contributed by atoms with Crippen LogP contribution in [-0.2, 0) is 10.0 Å². The summed E-state index contributed by atoms with van der Waals surface area (Å²) in [5.41, 5.74) is 9.05. The first-order valence-electron chi connectivity index (χ1n) is 5.88. The molecule has 0 amide bonds. The molecule has 0 saturated heterocycles. The minimum Gasteiger partial charge on any atom is -0.200 e. The van der Waals surface area contributed by atoms with E-state index in [0.717, 1.165) is 0 Å². The van der Waals surface area contributed by atoms with E-state index in [4.69, 9.17) is 5.53 Å². The first-order valence-corrected chi connectivity index (χ1v) is 7.37. The molecule has 0 unspecified atom stereocenters. The molecule has 21 heavy (non-hydrogen) atoms. The Hall–Kier alpha value is -2.83.